The molecule has 0 amide bonds. The van der Waals surface area contributed by atoms with Gasteiger partial charge >= 0.3 is 5.97 Å². The Hall–Kier alpha value is -2.36. The molecule has 0 aliphatic rings. The van der Waals surface area contributed by atoms with Gasteiger partial charge in [-0.1, -0.05) is 24.3 Å². The zero-order valence-electron chi connectivity index (χ0n) is 10.1. The molecule has 0 unspecified atom stereocenters. The van der Waals surface area contributed by atoms with Gasteiger partial charge in [-0.2, -0.15) is 0 Å². The van der Waals surface area contributed by atoms with Crippen LogP contribution in [0.15, 0.2) is 36.5 Å². The first-order valence-electron chi connectivity index (χ1n) is 5.59. The molecule has 0 saturated carbocycles. The predicted octanol–water partition coefficient (Wildman–Crippen LogP) is 2.27. The molecule has 0 spiro atoms. The number of nitrogens with zero attached hydrogens (tertiary/aromatic N) is 1. The van der Waals surface area contributed by atoms with Crippen molar-refractivity contribution >= 4 is 11.8 Å². The summed E-state index contributed by atoms with van der Waals surface area (Å²) in [7, 11) is 0. The van der Waals surface area contributed by atoms with Gasteiger partial charge in [-0.15, -0.1) is 0 Å². The second-order valence-corrected chi connectivity index (χ2v) is 4.22. The zero-order valence-corrected chi connectivity index (χ0v) is 10.1. The first kappa shape index (κ1) is 12.1. The Labute approximate surface area is 105 Å². The molecule has 0 radical (unpaired) electrons. The van der Waals surface area contributed by atoms with Gasteiger partial charge in [0, 0.05) is 11.8 Å². The number of hydrogen-bond acceptors (Lipinski definition) is 3. The summed E-state index contributed by atoms with van der Waals surface area (Å²) in [4.78, 5) is 14.8. The number of carbonyl (C=O) groups is 1. The lowest BCUT2D eigenvalue weighted by Gasteiger charge is -2.07. The van der Waals surface area contributed by atoms with Crippen molar-refractivity contribution in [2.75, 3.05) is 5.73 Å². The SMILES string of the molecule is Cc1cnc(N)c(-c2cccc(CC(=O)O)c2)c1. The number of carboxylic acids is 1. The summed E-state index contributed by atoms with van der Waals surface area (Å²) in [6, 6.07) is 9.30. The monoisotopic (exact) mass is 242 g/mol. The molecule has 0 aliphatic heterocycles. The molecule has 0 atom stereocenters. The van der Waals surface area contributed by atoms with Crippen LogP contribution in [0.2, 0.25) is 0 Å². The maximum absolute atomic E-state index is 10.7. The Balaban J connectivity index is 2.44. The van der Waals surface area contributed by atoms with E-state index in [2.05, 4.69) is 4.98 Å². The van der Waals surface area contributed by atoms with E-state index in [1.54, 1.807) is 12.3 Å². The van der Waals surface area contributed by atoms with Crippen molar-refractivity contribution in [2.24, 2.45) is 0 Å². The molecule has 4 heteroatoms. The van der Waals surface area contributed by atoms with Crippen molar-refractivity contribution in [3.63, 3.8) is 0 Å². The van der Waals surface area contributed by atoms with E-state index in [0.29, 0.717) is 5.82 Å². The smallest absolute Gasteiger partial charge is 0.307 e. The number of aromatic nitrogens is 1. The Morgan fingerprint density at radius 2 is 2.17 bits per heavy atom. The highest BCUT2D eigenvalue weighted by Crippen LogP contribution is 2.25. The van der Waals surface area contributed by atoms with E-state index < -0.39 is 5.97 Å². The highest BCUT2D eigenvalue weighted by atomic mass is 16.4. The minimum Gasteiger partial charge on any atom is -0.481 e. The van der Waals surface area contributed by atoms with Gasteiger partial charge in [-0.25, -0.2) is 4.98 Å². The third-order valence-electron chi connectivity index (χ3n) is 2.65. The van der Waals surface area contributed by atoms with Gasteiger partial charge in [0.15, 0.2) is 0 Å². The third-order valence-corrected chi connectivity index (χ3v) is 2.65. The van der Waals surface area contributed by atoms with Crippen LogP contribution < -0.4 is 5.73 Å². The highest BCUT2D eigenvalue weighted by molar-refractivity contribution is 5.76. The normalized spacial score (nSPS) is 10.3. The zero-order chi connectivity index (χ0) is 13.1. The number of benzene rings is 1. The van der Waals surface area contributed by atoms with E-state index in [1.165, 1.54) is 0 Å². The molecule has 18 heavy (non-hydrogen) atoms. The van der Waals surface area contributed by atoms with Crippen molar-refractivity contribution in [3.8, 4) is 11.1 Å². The van der Waals surface area contributed by atoms with Gasteiger partial charge in [0.05, 0.1) is 6.42 Å². The summed E-state index contributed by atoms with van der Waals surface area (Å²) in [5.74, 6) is -0.393. The molecule has 2 aromatic rings. The largest absolute Gasteiger partial charge is 0.481 e. The van der Waals surface area contributed by atoms with E-state index >= 15 is 0 Å². The fourth-order valence-electron chi connectivity index (χ4n) is 1.83. The standard InChI is InChI=1S/C14H14N2O2/c1-9-5-12(14(15)16-8-9)11-4-2-3-10(6-11)7-13(17)18/h2-6,8H,7H2,1H3,(H2,15,16)(H,17,18). The van der Waals surface area contributed by atoms with Crippen LogP contribution in [-0.4, -0.2) is 16.1 Å². The number of anilines is 1. The van der Waals surface area contributed by atoms with Crippen LogP contribution in [0.5, 0.6) is 0 Å². The number of nitrogen functional groups attached to an aromatic ring is 1. The third kappa shape index (κ3) is 2.66. The maximum Gasteiger partial charge on any atom is 0.307 e. The van der Waals surface area contributed by atoms with E-state index in [0.717, 1.165) is 22.3 Å². The van der Waals surface area contributed by atoms with Crippen LogP contribution in [0, 0.1) is 6.92 Å². The van der Waals surface area contributed by atoms with Crippen LogP contribution in [0.1, 0.15) is 11.1 Å². The summed E-state index contributed by atoms with van der Waals surface area (Å²) in [6.07, 6.45) is 1.72. The second-order valence-electron chi connectivity index (χ2n) is 4.22. The molecule has 3 N–H and O–H groups in total. The van der Waals surface area contributed by atoms with Crippen LogP contribution in [-0.2, 0) is 11.2 Å². The molecule has 1 heterocycles. The van der Waals surface area contributed by atoms with Gasteiger partial charge < -0.3 is 10.8 Å². The summed E-state index contributed by atoms with van der Waals surface area (Å²) >= 11 is 0. The fraction of sp³-hybridized carbons (Fsp3) is 0.143. The van der Waals surface area contributed by atoms with Gasteiger partial charge in [0.1, 0.15) is 5.82 Å². The molecule has 0 fully saturated rings. The van der Waals surface area contributed by atoms with Crippen LogP contribution in [0.3, 0.4) is 0 Å². The number of aliphatic carboxylic acids is 1. The molecule has 4 nitrogen and oxygen atoms in total. The molecule has 0 aliphatic carbocycles. The first-order chi connectivity index (χ1) is 8.56. The summed E-state index contributed by atoms with van der Waals surface area (Å²) in [5, 5.41) is 8.79. The van der Waals surface area contributed by atoms with Crippen LogP contribution >= 0.6 is 0 Å². The summed E-state index contributed by atoms with van der Waals surface area (Å²) in [6.45, 7) is 1.94. The van der Waals surface area contributed by atoms with Crippen molar-refractivity contribution in [2.45, 2.75) is 13.3 Å². The Bertz CT molecular complexity index is 594. The molecular formula is C14H14N2O2. The maximum atomic E-state index is 10.7. The molecule has 2 rings (SSSR count). The van der Waals surface area contributed by atoms with E-state index in [9.17, 15) is 4.79 Å². The van der Waals surface area contributed by atoms with Crippen molar-refractivity contribution < 1.29 is 9.90 Å². The van der Waals surface area contributed by atoms with Crippen molar-refractivity contribution in [3.05, 3.63) is 47.7 Å². The van der Waals surface area contributed by atoms with Gasteiger partial charge in [0.25, 0.3) is 0 Å². The molecule has 1 aromatic heterocycles. The lowest BCUT2D eigenvalue weighted by molar-refractivity contribution is -0.136. The lowest BCUT2D eigenvalue weighted by atomic mass is 10.0. The number of rotatable bonds is 3. The Morgan fingerprint density at radius 3 is 2.89 bits per heavy atom. The Morgan fingerprint density at radius 1 is 1.39 bits per heavy atom. The molecule has 0 saturated heterocycles. The summed E-state index contributed by atoms with van der Waals surface area (Å²) < 4.78 is 0. The van der Waals surface area contributed by atoms with E-state index in [1.807, 2.05) is 31.2 Å². The van der Waals surface area contributed by atoms with E-state index in [4.69, 9.17) is 10.8 Å². The van der Waals surface area contributed by atoms with Crippen molar-refractivity contribution in [1.82, 2.24) is 4.98 Å². The highest BCUT2D eigenvalue weighted by Gasteiger charge is 2.06. The second kappa shape index (κ2) is 4.87. The minimum absolute atomic E-state index is 0.00693. The van der Waals surface area contributed by atoms with Crippen molar-refractivity contribution in [1.29, 1.82) is 0 Å². The fourth-order valence-corrected chi connectivity index (χ4v) is 1.83. The molecule has 1 aromatic carbocycles. The number of hydrogen-bond donors (Lipinski definition) is 2. The minimum atomic E-state index is -0.845. The molecular weight excluding hydrogens is 228 g/mol. The van der Waals surface area contributed by atoms with Crippen LogP contribution in [0.4, 0.5) is 5.82 Å². The quantitative estimate of drug-likeness (QED) is 0.865. The lowest BCUT2D eigenvalue weighted by Crippen LogP contribution is -2.00. The topological polar surface area (TPSA) is 76.2 Å². The number of carboxylic acid groups (broad SMARTS) is 1. The molecule has 92 valence electrons. The van der Waals surface area contributed by atoms with E-state index in [-0.39, 0.29) is 6.42 Å². The first-order valence-corrected chi connectivity index (χ1v) is 5.59. The van der Waals surface area contributed by atoms with Crippen LogP contribution in [0.25, 0.3) is 11.1 Å². The number of aryl methyl sites for hydroxylation is 1. The Kier molecular flexibility index (Phi) is 3.28. The van der Waals surface area contributed by atoms with Gasteiger partial charge in [0.2, 0.25) is 0 Å². The van der Waals surface area contributed by atoms with Gasteiger partial charge in [-0.3, -0.25) is 4.79 Å². The average molecular weight is 242 g/mol. The van der Waals surface area contributed by atoms with Gasteiger partial charge in [-0.05, 0) is 29.7 Å². The molecule has 0 bridgehead atoms. The number of nitrogens with two attached hydrogens (primary N) is 1. The predicted molar refractivity (Wildman–Crippen MR) is 70.2 cm³/mol. The summed E-state index contributed by atoms with van der Waals surface area (Å²) in [5.41, 5.74) is 9.34. The average Bonchev–Trinajstić information content (AvgIpc) is 2.32. The number of pyridine rings is 1.